The Balaban J connectivity index is 1.46. The molecule has 1 aromatic heterocycles. The summed E-state index contributed by atoms with van der Waals surface area (Å²) in [6.07, 6.45) is 2.42. The first-order chi connectivity index (χ1) is 19.7. The number of allylic oxidation sites excluding steroid dienone is 1. The summed E-state index contributed by atoms with van der Waals surface area (Å²) in [5.41, 5.74) is -0.419. The number of carbonyl (C=O) groups excluding carboxylic acids is 2. The van der Waals surface area contributed by atoms with Crippen LogP contribution in [0.5, 0.6) is 11.5 Å². The quantitative estimate of drug-likeness (QED) is 0.230. The molecule has 41 heavy (non-hydrogen) atoms. The lowest BCUT2D eigenvalue weighted by molar-refractivity contribution is -0.116. The highest BCUT2D eigenvalue weighted by Crippen LogP contribution is 2.33. The van der Waals surface area contributed by atoms with Gasteiger partial charge in [0.25, 0.3) is 5.56 Å². The van der Waals surface area contributed by atoms with Crippen LogP contribution in [0.25, 0.3) is 10.9 Å². The molecule has 11 heteroatoms. The highest BCUT2D eigenvalue weighted by atomic mass is 19.1. The number of hydrogen-bond acceptors (Lipinski definition) is 6. The van der Waals surface area contributed by atoms with Crippen molar-refractivity contribution in [2.45, 2.75) is 32.4 Å². The van der Waals surface area contributed by atoms with Crippen LogP contribution in [0.3, 0.4) is 0 Å². The maximum Gasteiger partial charge on any atom is 0.331 e. The van der Waals surface area contributed by atoms with Gasteiger partial charge in [0.05, 0.1) is 16.6 Å². The standard InChI is InChI=1S/C30H25F2N3O6/c1-2-3-12-34-29(38)21-8-6-19(25(36)10-4-18-5-11-26-27(13-18)41-17-40-26)14-24(21)35(30(34)39)16-28(37)33-23-9-7-20(31)15-22(23)32/h2,5-9,11,13-15H,1,3-4,10,12,16-17H2,(H,33,37). The smallest absolute Gasteiger partial charge is 0.331 e. The predicted octanol–water partition coefficient (Wildman–Crippen LogP) is 4.20. The number of ether oxygens (including phenoxy) is 2. The van der Waals surface area contributed by atoms with E-state index < -0.39 is 35.3 Å². The Morgan fingerprint density at radius 1 is 0.976 bits per heavy atom. The number of aryl methyl sites for hydroxylation is 1. The topological polar surface area (TPSA) is 109 Å². The molecule has 0 aliphatic carbocycles. The van der Waals surface area contributed by atoms with Gasteiger partial charge in [-0.25, -0.2) is 13.6 Å². The minimum absolute atomic E-state index is 0.0293. The molecule has 0 atom stereocenters. The van der Waals surface area contributed by atoms with Crippen LogP contribution in [-0.4, -0.2) is 27.6 Å². The number of aromatic nitrogens is 2. The fraction of sp³-hybridized carbons (Fsp3) is 0.200. The van der Waals surface area contributed by atoms with Crippen LogP contribution in [0.1, 0.15) is 28.8 Å². The van der Waals surface area contributed by atoms with E-state index >= 15 is 0 Å². The highest BCUT2D eigenvalue weighted by molar-refractivity contribution is 5.99. The molecule has 4 aromatic rings. The van der Waals surface area contributed by atoms with Crippen molar-refractivity contribution >= 4 is 28.3 Å². The molecule has 3 aromatic carbocycles. The minimum atomic E-state index is -0.984. The first-order valence-electron chi connectivity index (χ1n) is 12.8. The van der Waals surface area contributed by atoms with Crippen molar-refractivity contribution in [3.8, 4) is 11.5 Å². The Labute approximate surface area is 232 Å². The number of fused-ring (bicyclic) bond motifs is 2. The molecule has 1 aliphatic rings. The lowest BCUT2D eigenvalue weighted by Gasteiger charge is -2.15. The van der Waals surface area contributed by atoms with Gasteiger partial charge in [-0.2, -0.15) is 0 Å². The van der Waals surface area contributed by atoms with Crippen LogP contribution in [0.4, 0.5) is 14.5 Å². The van der Waals surface area contributed by atoms with E-state index in [2.05, 4.69) is 11.9 Å². The van der Waals surface area contributed by atoms with E-state index in [1.165, 1.54) is 18.2 Å². The summed E-state index contributed by atoms with van der Waals surface area (Å²) in [5.74, 6) is -1.58. The van der Waals surface area contributed by atoms with Crippen LogP contribution < -0.4 is 26.0 Å². The number of Topliss-reactive ketones (excluding diaryl/α,β-unsaturated/α-hetero) is 1. The number of amides is 1. The van der Waals surface area contributed by atoms with Gasteiger partial charge >= 0.3 is 5.69 Å². The molecule has 9 nitrogen and oxygen atoms in total. The van der Waals surface area contributed by atoms with Crippen LogP contribution in [0.15, 0.2) is 76.8 Å². The summed E-state index contributed by atoms with van der Waals surface area (Å²) >= 11 is 0. The van der Waals surface area contributed by atoms with Gasteiger partial charge < -0.3 is 14.8 Å². The normalized spacial score (nSPS) is 12.0. The second-order valence-electron chi connectivity index (χ2n) is 9.42. The number of nitrogens with one attached hydrogen (secondary N) is 1. The zero-order valence-electron chi connectivity index (χ0n) is 21.8. The molecular formula is C30H25F2N3O6. The molecule has 0 spiro atoms. The summed E-state index contributed by atoms with van der Waals surface area (Å²) in [7, 11) is 0. The van der Waals surface area contributed by atoms with E-state index in [1.54, 1.807) is 12.1 Å². The molecule has 210 valence electrons. The van der Waals surface area contributed by atoms with E-state index in [0.29, 0.717) is 30.4 Å². The summed E-state index contributed by atoms with van der Waals surface area (Å²) in [6.45, 7) is 3.20. The Bertz CT molecular complexity index is 1810. The van der Waals surface area contributed by atoms with Crippen molar-refractivity contribution in [3.63, 3.8) is 0 Å². The summed E-state index contributed by atoms with van der Waals surface area (Å²) in [6, 6.07) is 12.4. The monoisotopic (exact) mass is 561 g/mol. The van der Waals surface area contributed by atoms with Crippen molar-refractivity contribution in [2.24, 2.45) is 0 Å². The van der Waals surface area contributed by atoms with Crippen molar-refractivity contribution in [1.29, 1.82) is 0 Å². The molecule has 1 aliphatic heterocycles. The maximum atomic E-state index is 14.1. The van der Waals surface area contributed by atoms with Crippen molar-refractivity contribution in [3.05, 3.63) is 111 Å². The number of carbonyl (C=O) groups is 2. The van der Waals surface area contributed by atoms with Crippen LogP contribution >= 0.6 is 0 Å². The van der Waals surface area contributed by atoms with Crippen LogP contribution in [-0.2, 0) is 24.3 Å². The van der Waals surface area contributed by atoms with Crippen LogP contribution in [0.2, 0.25) is 0 Å². The van der Waals surface area contributed by atoms with Gasteiger partial charge in [0.15, 0.2) is 17.3 Å². The first kappa shape index (κ1) is 27.5. The van der Waals surface area contributed by atoms with E-state index in [9.17, 15) is 28.0 Å². The number of ketones is 1. The summed E-state index contributed by atoms with van der Waals surface area (Å²) in [5, 5.41) is 2.45. The van der Waals surface area contributed by atoms with Crippen molar-refractivity contribution in [1.82, 2.24) is 9.13 Å². The average molecular weight is 562 g/mol. The van der Waals surface area contributed by atoms with Gasteiger partial charge in [0, 0.05) is 24.6 Å². The summed E-state index contributed by atoms with van der Waals surface area (Å²) < 4.78 is 40.1. The first-order valence-corrected chi connectivity index (χ1v) is 12.8. The third kappa shape index (κ3) is 5.79. The third-order valence-electron chi connectivity index (χ3n) is 6.69. The van der Waals surface area contributed by atoms with Gasteiger partial charge in [0.2, 0.25) is 12.7 Å². The zero-order chi connectivity index (χ0) is 29.1. The maximum absolute atomic E-state index is 14.1. The van der Waals surface area contributed by atoms with Gasteiger partial charge in [0.1, 0.15) is 18.2 Å². The molecule has 0 unspecified atom stereocenters. The Kier molecular flexibility index (Phi) is 7.77. The van der Waals surface area contributed by atoms with E-state index in [-0.39, 0.29) is 47.7 Å². The largest absolute Gasteiger partial charge is 0.454 e. The number of nitrogens with zero attached hydrogens (tertiary/aromatic N) is 2. The molecular weight excluding hydrogens is 536 g/mol. The lowest BCUT2D eigenvalue weighted by Crippen LogP contribution is -2.41. The van der Waals surface area contributed by atoms with Gasteiger partial charge in [-0.15, -0.1) is 6.58 Å². The number of benzene rings is 3. The summed E-state index contributed by atoms with van der Waals surface area (Å²) in [4.78, 5) is 52.5. The van der Waals surface area contributed by atoms with Crippen molar-refractivity contribution in [2.75, 3.05) is 12.1 Å². The molecule has 0 saturated heterocycles. The van der Waals surface area contributed by atoms with E-state index in [0.717, 1.165) is 26.8 Å². The molecule has 5 rings (SSSR count). The fourth-order valence-electron chi connectivity index (χ4n) is 4.58. The second-order valence-corrected chi connectivity index (χ2v) is 9.42. The number of hydrogen-bond donors (Lipinski definition) is 1. The molecule has 0 fully saturated rings. The number of anilines is 1. The number of halogens is 2. The molecule has 2 heterocycles. The predicted molar refractivity (Wildman–Crippen MR) is 147 cm³/mol. The van der Waals surface area contributed by atoms with E-state index in [4.69, 9.17) is 9.47 Å². The minimum Gasteiger partial charge on any atom is -0.454 e. The molecule has 0 bridgehead atoms. The lowest BCUT2D eigenvalue weighted by atomic mass is 10.0. The SMILES string of the molecule is C=CCCn1c(=O)c2ccc(C(=O)CCc3ccc4c(c3)OCO4)cc2n(CC(=O)Nc2ccc(F)cc2F)c1=O. The Morgan fingerprint density at radius 2 is 1.78 bits per heavy atom. The third-order valence-corrected chi connectivity index (χ3v) is 6.69. The number of rotatable bonds is 10. The molecule has 1 N–H and O–H groups in total. The molecule has 0 saturated carbocycles. The zero-order valence-corrected chi connectivity index (χ0v) is 21.8. The Hall–Kier alpha value is -5.06. The van der Waals surface area contributed by atoms with Crippen LogP contribution in [0, 0.1) is 11.6 Å². The average Bonchev–Trinajstić information content (AvgIpc) is 3.43. The van der Waals surface area contributed by atoms with Gasteiger partial charge in [-0.05, 0) is 54.8 Å². The molecule has 0 radical (unpaired) electrons. The molecule has 1 amide bonds. The second kappa shape index (κ2) is 11.6. The van der Waals surface area contributed by atoms with Gasteiger partial charge in [-0.3, -0.25) is 23.5 Å². The van der Waals surface area contributed by atoms with E-state index in [1.807, 2.05) is 12.1 Å². The highest BCUT2D eigenvalue weighted by Gasteiger charge is 2.19. The fourth-order valence-corrected chi connectivity index (χ4v) is 4.58. The van der Waals surface area contributed by atoms with Crippen molar-refractivity contribution < 1.29 is 27.8 Å². The Morgan fingerprint density at radius 3 is 2.56 bits per heavy atom. The van der Waals surface area contributed by atoms with Gasteiger partial charge in [-0.1, -0.05) is 18.2 Å².